The lowest BCUT2D eigenvalue weighted by atomic mass is 9.94. The topological polar surface area (TPSA) is 59.8 Å². The van der Waals surface area contributed by atoms with Gasteiger partial charge in [-0.25, -0.2) is 0 Å². The van der Waals surface area contributed by atoms with E-state index in [1.165, 1.54) is 24.0 Å². The Kier molecular flexibility index (Phi) is 4.98. The van der Waals surface area contributed by atoms with Crippen LogP contribution < -0.4 is 5.32 Å². The fourth-order valence-corrected chi connectivity index (χ4v) is 5.19. The van der Waals surface area contributed by atoms with Crippen LogP contribution in [0.1, 0.15) is 61.3 Å². The Morgan fingerprint density at radius 2 is 1.93 bits per heavy atom. The van der Waals surface area contributed by atoms with Gasteiger partial charge < -0.3 is 9.88 Å². The molecule has 1 heterocycles. The number of fused-ring (bicyclic) bond motifs is 2. The molecule has 2 unspecified atom stereocenters. The number of nitrogens with zero attached hydrogens (tertiary/aromatic N) is 3. The molecule has 2 aromatic rings. The Bertz CT molecular complexity index is 919. The lowest BCUT2D eigenvalue weighted by molar-refractivity contribution is -0.121. The summed E-state index contributed by atoms with van der Waals surface area (Å²) < 4.78 is 2.23. The molecule has 0 radical (unpaired) electrons. The maximum atomic E-state index is 12.4. The quantitative estimate of drug-likeness (QED) is 0.735. The first-order chi connectivity index (χ1) is 14.2. The Balaban J connectivity index is 1.16. The minimum Gasteiger partial charge on any atom is -0.356 e. The fraction of sp³-hybridized carbons (Fsp3) is 0.542. The second kappa shape index (κ2) is 7.77. The van der Waals surface area contributed by atoms with E-state index in [1.54, 1.807) is 5.57 Å². The standard InChI is InChI=1S/C24H30N4O/c1-2-28-22(9-10-23(29)25-15-16-7-8-19-12-20(19)11-16)26-27-24(28)21-13-17-5-3-4-6-18(17)14-21/h3-6,8,16,20-21H,2,7,9-15H2,1H3,(H,25,29). The van der Waals surface area contributed by atoms with Gasteiger partial charge in [-0.2, -0.15) is 0 Å². The predicted molar refractivity (Wildman–Crippen MR) is 113 cm³/mol. The van der Waals surface area contributed by atoms with Gasteiger partial charge in [-0.1, -0.05) is 35.9 Å². The molecule has 0 aliphatic heterocycles. The Hall–Kier alpha value is -2.43. The number of carbonyl (C=O) groups is 1. The summed E-state index contributed by atoms with van der Waals surface area (Å²) in [5, 5.41) is 12.1. The lowest BCUT2D eigenvalue weighted by Gasteiger charge is -2.18. The van der Waals surface area contributed by atoms with Crippen LogP contribution >= 0.6 is 0 Å². The van der Waals surface area contributed by atoms with Crippen molar-refractivity contribution in [1.82, 2.24) is 20.1 Å². The molecule has 0 saturated heterocycles. The number of hydrogen-bond acceptors (Lipinski definition) is 3. The van der Waals surface area contributed by atoms with E-state index in [9.17, 15) is 4.79 Å². The fourth-order valence-electron chi connectivity index (χ4n) is 5.19. The van der Waals surface area contributed by atoms with Crippen molar-refractivity contribution in [1.29, 1.82) is 0 Å². The highest BCUT2D eigenvalue weighted by atomic mass is 16.1. The molecular weight excluding hydrogens is 360 g/mol. The van der Waals surface area contributed by atoms with Crippen molar-refractivity contribution in [3.63, 3.8) is 0 Å². The third kappa shape index (κ3) is 3.87. The van der Waals surface area contributed by atoms with Crippen molar-refractivity contribution < 1.29 is 4.79 Å². The number of amides is 1. The van der Waals surface area contributed by atoms with E-state index in [0.29, 0.717) is 24.7 Å². The summed E-state index contributed by atoms with van der Waals surface area (Å²) in [7, 11) is 0. The highest BCUT2D eigenvalue weighted by molar-refractivity contribution is 5.76. The first kappa shape index (κ1) is 18.6. The van der Waals surface area contributed by atoms with Crippen molar-refractivity contribution in [3.8, 4) is 0 Å². The second-order valence-corrected chi connectivity index (χ2v) is 8.91. The van der Waals surface area contributed by atoms with Gasteiger partial charge in [0.1, 0.15) is 11.6 Å². The molecular formula is C24H30N4O. The maximum absolute atomic E-state index is 12.4. The molecule has 0 spiro atoms. The van der Waals surface area contributed by atoms with Crippen LogP contribution in [0.2, 0.25) is 0 Å². The molecule has 3 aliphatic rings. The lowest BCUT2D eigenvalue weighted by Crippen LogP contribution is -2.30. The highest BCUT2D eigenvalue weighted by Crippen LogP contribution is 2.46. The molecule has 1 fully saturated rings. The van der Waals surface area contributed by atoms with Crippen molar-refractivity contribution in [2.75, 3.05) is 6.54 Å². The van der Waals surface area contributed by atoms with Crippen LogP contribution in [0.15, 0.2) is 35.9 Å². The number of rotatable bonds is 7. The number of allylic oxidation sites excluding steroid dienone is 2. The Morgan fingerprint density at radius 3 is 2.66 bits per heavy atom. The van der Waals surface area contributed by atoms with Gasteiger partial charge in [-0.05, 0) is 62.0 Å². The van der Waals surface area contributed by atoms with Gasteiger partial charge in [0.25, 0.3) is 0 Å². The number of carbonyl (C=O) groups excluding carboxylic acids is 1. The molecule has 2 atom stereocenters. The first-order valence-corrected chi connectivity index (χ1v) is 11.2. The van der Waals surface area contributed by atoms with Gasteiger partial charge in [0.05, 0.1) is 0 Å². The molecule has 5 nitrogen and oxygen atoms in total. The van der Waals surface area contributed by atoms with Crippen LogP contribution in [0.4, 0.5) is 0 Å². The molecule has 1 amide bonds. The molecule has 5 heteroatoms. The summed E-state index contributed by atoms with van der Waals surface area (Å²) in [6, 6.07) is 8.67. The van der Waals surface area contributed by atoms with Gasteiger partial charge in [0.15, 0.2) is 0 Å². The van der Waals surface area contributed by atoms with Crippen molar-refractivity contribution >= 4 is 5.91 Å². The van der Waals surface area contributed by atoms with Crippen molar-refractivity contribution in [3.05, 3.63) is 58.7 Å². The third-order valence-electron chi connectivity index (χ3n) is 6.93. The first-order valence-electron chi connectivity index (χ1n) is 11.2. The largest absolute Gasteiger partial charge is 0.356 e. The number of hydrogen-bond donors (Lipinski definition) is 1. The summed E-state index contributed by atoms with van der Waals surface area (Å²) in [6.07, 6.45) is 9.28. The summed E-state index contributed by atoms with van der Waals surface area (Å²) in [4.78, 5) is 12.4. The van der Waals surface area contributed by atoms with Crippen LogP contribution in [0.25, 0.3) is 0 Å². The number of aryl methyl sites for hydroxylation is 1. The zero-order valence-electron chi connectivity index (χ0n) is 17.2. The number of benzene rings is 1. The molecule has 1 aromatic heterocycles. The number of aromatic nitrogens is 3. The predicted octanol–water partition coefficient (Wildman–Crippen LogP) is 3.59. The van der Waals surface area contributed by atoms with E-state index in [2.05, 4.69) is 57.3 Å². The number of nitrogens with one attached hydrogen (secondary N) is 1. The Morgan fingerprint density at radius 1 is 1.14 bits per heavy atom. The summed E-state index contributed by atoms with van der Waals surface area (Å²) >= 11 is 0. The van der Waals surface area contributed by atoms with Crippen LogP contribution in [0.5, 0.6) is 0 Å². The smallest absolute Gasteiger partial charge is 0.220 e. The van der Waals surface area contributed by atoms with E-state index in [4.69, 9.17) is 0 Å². The van der Waals surface area contributed by atoms with Gasteiger partial charge in [-0.15, -0.1) is 10.2 Å². The molecule has 5 rings (SSSR count). The minimum atomic E-state index is 0.135. The molecule has 3 aliphatic carbocycles. The van der Waals surface area contributed by atoms with Crippen molar-refractivity contribution in [2.45, 2.75) is 64.3 Å². The normalized spacial score (nSPS) is 22.7. The molecule has 1 aromatic carbocycles. The van der Waals surface area contributed by atoms with Gasteiger partial charge >= 0.3 is 0 Å². The van der Waals surface area contributed by atoms with E-state index in [0.717, 1.165) is 49.9 Å². The highest BCUT2D eigenvalue weighted by Gasteiger charge is 2.35. The van der Waals surface area contributed by atoms with E-state index < -0.39 is 0 Å². The zero-order chi connectivity index (χ0) is 19.8. The zero-order valence-corrected chi connectivity index (χ0v) is 17.2. The van der Waals surface area contributed by atoms with Crippen LogP contribution in [0.3, 0.4) is 0 Å². The van der Waals surface area contributed by atoms with Crippen LogP contribution in [0, 0.1) is 11.8 Å². The molecule has 152 valence electrons. The summed E-state index contributed by atoms with van der Waals surface area (Å²) in [6.45, 7) is 3.80. The maximum Gasteiger partial charge on any atom is 0.220 e. The van der Waals surface area contributed by atoms with E-state index in [1.807, 2.05) is 0 Å². The molecule has 1 N–H and O–H groups in total. The van der Waals surface area contributed by atoms with E-state index >= 15 is 0 Å². The molecule has 29 heavy (non-hydrogen) atoms. The van der Waals surface area contributed by atoms with Crippen LogP contribution in [-0.4, -0.2) is 27.2 Å². The van der Waals surface area contributed by atoms with E-state index in [-0.39, 0.29) is 5.91 Å². The SMILES string of the molecule is CCn1c(CCC(=O)NCC2CC=C3CC3C2)nnc1C1Cc2ccccc2C1. The van der Waals surface area contributed by atoms with Gasteiger partial charge in [-0.3, -0.25) is 4.79 Å². The average molecular weight is 391 g/mol. The minimum absolute atomic E-state index is 0.135. The summed E-state index contributed by atoms with van der Waals surface area (Å²) in [5.41, 5.74) is 4.51. The van der Waals surface area contributed by atoms with Gasteiger partial charge in [0.2, 0.25) is 5.91 Å². The third-order valence-corrected chi connectivity index (χ3v) is 6.93. The second-order valence-electron chi connectivity index (χ2n) is 8.91. The average Bonchev–Trinajstić information content (AvgIpc) is 3.19. The van der Waals surface area contributed by atoms with Crippen molar-refractivity contribution in [2.24, 2.45) is 11.8 Å². The summed E-state index contributed by atoms with van der Waals surface area (Å²) in [5.74, 6) is 3.99. The van der Waals surface area contributed by atoms with Crippen LogP contribution in [-0.2, 0) is 30.6 Å². The molecule has 0 bridgehead atoms. The van der Waals surface area contributed by atoms with Gasteiger partial charge in [0, 0.05) is 31.8 Å². The monoisotopic (exact) mass is 390 g/mol. The molecule has 1 saturated carbocycles. The Labute approximate surface area is 172 Å².